The number of carboxylic acid groups (broad SMARTS) is 1. The third kappa shape index (κ3) is 1.94. The first-order valence-corrected chi connectivity index (χ1v) is 5.09. The zero-order valence-corrected chi connectivity index (χ0v) is 9.64. The number of carboxylic acids is 1. The van der Waals surface area contributed by atoms with Gasteiger partial charge in [0.15, 0.2) is 5.82 Å². The van der Waals surface area contributed by atoms with Gasteiger partial charge in [-0.1, -0.05) is 22.9 Å². The Kier molecular flexibility index (Phi) is 2.72. The lowest BCUT2D eigenvalue weighted by Crippen LogP contribution is -2.05. The van der Waals surface area contributed by atoms with Gasteiger partial charge in [0, 0.05) is 5.02 Å². The lowest BCUT2D eigenvalue weighted by molar-refractivity contribution is 0.0691. The van der Waals surface area contributed by atoms with Crippen LogP contribution in [-0.2, 0) is 0 Å². The van der Waals surface area contributed by atoms with Gasteiger partial charge < -0.3 is 10.8 Å². The van der Waals surface area contributed by atoms with Gasteiger partial charge in [-0.2, -0.15) is 4.68 Å². The fraction of sp³-hybridized carbons (Fsp3) is 0.100. The highest BCUT2D eigenvalue weighted by Gasteiger charge is 2.17. The zero-order valence-electron chi connectivity index (χ0n) is 8.88. The third-order valence-corrected chi connectivity index (χ3v) is 2.71. The van der Waals surface area contributed by atoms with Crippen molar-refractivity contribution in [3.8, 4) is 5.69 Å². The number of carbonyl (C=O) groups is 1. The maximum atomic E-state index is 10.8. The van der Waals surface area contributed by atoms with Crippen LogP contribution < -0.4 is 5.73 Å². The summed E-state index contributed by atoms with van der Waals surface area (Å²) >= 11 is 5.97. The number of anilines is 1. The van der Waals surface area contributed by atoms with Gasteiger partial charge in [0.25, 0.3) is 0 Å². The Hall–Kier alpha value is -2.08. The lowest BCUT2D eigenvalue weighted by atomic mass is 10.2. The summed E-state index contributed by atoms with van der Waals surface area (Å²) in [5.41, 5.74) is 6.84. The molecule has 0 amide bonds. The quantitative estimate of drug-likeness (QED) is 0.845. The summed E-state index contributed by atoms with van der Waals surface area (Å²) in [6.45, 7) is 1.86. The maximum Gasteiger partial charge on any atom is 0.360 e. The average Bonchev–Trinajstić information content (AvgIpc) is 2.64. The summed E-state index contributed by atoms with van der Waals surface area (Å²) in [7, 11) is 0. The minimum absolute atomic E-state index is 0.0302. The second-order valence-corrected chi connectivity index (χ2v) is 3.88. The molecule has 0 fully saturated rings. The molecular formula is C10H9ClN4O2. The van der Waals surface area contributed by atoms with Gasteiger partial charge in [0.2, 0.25) is 5.69 Å². The Bertz CT molecular complexity index is 594. The number of aryl methyl sites for hydroxylation is 1. The van der Waals surface area contributed by atoms with Gasteiger partial charge in [-0.3, -0.25) is 0 Å². The van der Waals surface area contributed by atoms with Crippen LogP contribution in [0.25, 0.3) is 5.69 Å². The predicted molar refractivity (Wildman–Crippen MR) is 62.5 cm³/mol. The first-order valence-electron chi connectivity index (χ1n) is 4.71. The summed E-state index contributed by atoms with van der Waals surface area (Å²) in [4.78, 5) is 10.8. The van der Waals surface area contributed by atoms with E-state index in [4.69, 9.17) is 22.4 Å². The van der Waals surface area contributed by atoms with E-state index in [1.54, 1.807) is 18.2 Å². The van der Waals surface area contributed by atoms with Crippen molar-refractivity contribution in [3.63, 3.8) is 0 Å². The molecule has 88 valence electrons. The number of hydrogen-bond acceptors (Lipinski definition) is 4. The molecule has 0 atom stereocenters. The van der Waals surface area contributed by atoms with Crippen LogP contribution in [0.1, 0.15) is 16.1 Å². The number of halogens is 1. The maximum absolute atomic E-state index is 10.8. The number of benzene rings is 1. The summed E-state index contributed by atoms with van der Waals surface area (Å²) in [6, 6.07) is 5.17. The molecule has 1 aromatic carbocycles. The van der Waals surface area contributed by atoms with Gasteiger partial charge >= 0.3 is 5.97 Å². The van der Waals surface area contributed by atoms with Crippen molar-refractivity contribution < 1.29 is 9.90 Å². The minimum Gasteiger partial charge on any atom is -0.476 e. The van der Waals surface area contributed by atoms with E-state index >= 15 is 0 Å². The molecular weight excluding hydrogens is 244 g/mol. The standard InChI is InChI=1S/C10H9ClN4O2/c1-5-2-3-6(4-7(5)11)15-9(12)8(10(16)17)13-14-15/h2-4H,12H2,1H3,(H,16,17). The number of nitrogen functional groups attached to an aromatic ring is 1. The monoisotopic (exact) mass is 252 g/mol. The summed E-state index contributed by atoms with van der Waals surface area (Å²) in [6.07, 6.45) is 0. The highest BCUT2D eigenvalue weighted by molar-refractivity contribution is 6.31. The normalized spacial score (nSPS) is 10.5. The Morgan fingerprint density at radius 2 is 2.24 bits per heavy atom. The number of hydrogen-bond donors (Lipinski definition) is 2. The second kappa shape index (κ2) is 4.06. The summed E-state index contributed by atoms with van der Waals surface area (Å²) in [5, 5.41) is 16.5. The summed E-state index contributed by atoms with van der Waals surface area (Å²) in [5.74, 6) is -1.25. The molecule has 17 heavy (non-hydrogen) atoms. The molecule has 6 nitrogen and oxygen atoms in total. The van der Waals surface area contributed by atoms with E-state index in [9.17, 15) is 4.79 Å². The van der Waals surface area contributed by atoms with Gasteiger partial charge in [-0.25, -0.2) is 4.79 Å². The van der Waals surface area contributed by atoms with E-state index in [0.29, 0.717) is 10.7 Å². The van der Waals surface area contributed by atoms with Crippen LogP contribution in [0.4, 0.5) is 5.82 Å². The van der Waals surface area contributed by atoms with Crippen LogP contribution >= 0.6 is 11.6 Å². The fourth-order valence-corrected chi connectivity index (χ4v) is 1.52. The van der Waals surface area contributed by atoms with Crippen LogP contribution in [0.15, 0.2) is 18.2 Å². The number of aromatic nitrogens is 3. The fourth-order valence-electron chi connectivity index (χ4n) is 1.35. The number of rotatable bonds is 2. The Balaban J connectivity index is 2.53. The largest absolute Gasteiger partial charge is 0.476 e. The van der Waals surface area contributed by atoms with E-state index in [2.05, 4.69) is 10.3 Å². The molecule has 0 unspecified atom stereocenters. The second-order valence-electron chi connectivity index (χ2n) is 3.47. The van der Waals surface area contributed by atoms with E-state index in [0.717, 1.165) is 5.56 Å². The highest BCUT2D eigenvalue weighted by atomic mass is 35.5. The van der Waals surface area contributed by atoms with Gasteiger partial charge in [-0.15, -0.1) is 5.10 Å². The highest BCUT2D eigenvalue weighted by Crippen LogP contribution is 2.21. The number of nitrogens with two attached hydrogens (primary N) is 1. The van der Waals surface area contributed by atoms with Crippen molar-refractivity contribution in [1.29, 1.82) is 0 Å². The van der Waals surface area contributed by atoms with Crippen LogP contribution in [0.5, 0.6) is 0 Å². The van der Waals surface area contributed by atoms with Crippen molar-refractivity contribution in [2.24, 2.45) is 0 Å². The first kappa shape index (κ1) is 11.4. The van der Waals surface area contributed by atoms with E-state index in [1.165, 1.54) is 4.68 Å². The molecule has 0 saturated heterocycles. The zero-order chi connectivity index (χ0) is 12.6. The van der Waals surface area contributed by atoms with E-state index in [-0.39, 0.29) is 11.5 Å². The predicted octanol–water partition coefficient (Wildman–Crippen LogP) is 1.51. The first-order chi connectivity index (χ1) is 8.00. The van der Waals surface area contributed by atoms with Crippen molar-refractivity contribution in [1.82, 2.24) is 15.0 Å². The Morgan fingerprint density at radius 3 is 2.76 bits per heavy atom. The smallest absolute Gasteiger partial charge is 0.360 e. The van der Waals surface area contributed by atoms with Crippen LogP contribution in [-0.4, -0.2) is 26.1 Å². The molecule has 0 spiro atoms. The molecule has 0 aliphatic carbocycles. The van der Waals surface area contributed by atoms with Crippen molar-refractivity contribution in [3.05, 3.63) is 34.5 Å². The number of nitrogens with zero attached hydrogens (tertiary/aromatic N) is 3. The van der Waals surface area contributed by atoms with E-state index in [1.807, 2.05) is 6.92 Å². The minimum atomic E-state index is -1.22. The molecule has 3 N–H and O–H groups in total. The third-order valence-electron chi connectivity index (χ3n) is 2.31. The molecule has 0 bridgehead atoms. The van der Waals surface area contributed by atoms with Crippen molar-refractivity contribution >= 4 is 23.4 Å². The molecule has 7 heteroatoms. The average molecular weight is 253 g/mol. The molecule has 2 aromatic rings. The van der Waals surface area contributed by atoms with Crippen molar-refractivity contribution in [2.45, 2.75) is 6.92 Å². The molecule has 2 rings (SSSR count). The van der Waals surface area contributed by atoms with Gasteiger partial charge in [0.05, 0.1) is 5.69 Å². The van der Waals surface area contributed by atoms with Gasteiger partial charge in [-0.05, 0) is 24.6 Å². The SMILES string of the molecule is Cc1ccc(-n2nnc(C(=O)O)c2N)cc1Cl. The van der Waals surface area contributed by atoms with Crippen LogP contribution in [0, 0.1) is 6.92 Å². The molecule has 0 aliphatic heterocycles. The number of aromatic carboxylic acids is 1. The van der Waals surface area contributed by atoms with Crippen LogP contribution in [0.2, 0.25) is 5.02 Å². The van der Waals surface area contributed by atoms with E-state index < -0.39 is 5.97 Å². The Labute approximate surface area is 102 Å². The van der Waals surface area contributed by atoms with Crippen molar-refractivity contribution in [2.75, 3.05) is 5.73 Å². The molecule has 0 radical (unpaired) electrons. The topological polar surface area (TPSA) is 94.0 Å². The van der Waals surface area contributed by atoms with Gasteiger partial charge in [0.1, 0.15) is 0 Å². The molecule has 0 aliphatic rings. The molecule has 1 aromatic heterocycles. The Morgan fingerprint density at radius 1 is 1.53 bits per heavy atom. The summed E-state index contributed by atoms with van der Waals surface area (Å²) < 4.78 is 1.23. The molecule has 0 saturated carbocycles. The van der Waals surface area contributed by atoms with Crippen LogP contribution in [0.3, 0.4) is 0 Å². The molecule has 1 heterocycles. The lowest BCUT2D eigenvalue weighted by Gasteiger charge is -2.04.